The minimum absolute atomic E-state index is 0.110. The maximum atomic E-state index is 12.9. The Bertz CT molecular complexity index is 752. The molecule has 1 atom stereocenters. The summed E-state index contributed by atoms with van der Waals surface area (Å²) in [4.78, 5) is 14.8. The van der Waals surface area contributed by atoms with Crippen LogP contribution in [0.1, 0.15) is 38.7 Å². The summed E-state index contributed by atoms with van der Waals surface area (Å²) in [5.74, 6) is 0.110. The summed E-state index contributed by atoms with van der Waals surface area (Å²) in [6.07, 6.45) is 0. The van der Waals surface area contributed by atoms with Gasteiger partial charge in [0.15, 0.2) is 0 Å². The number of halogens is 1. The second-order valence-electron chi connectivity index (χ2n) is 6.64. The third-order valence-corrected chi connectivity index (χ3v) is 4.94. The van der Waals surface area contributed by atoms with E-state index in [0.717, 1.165) is 40.4 Å². The lowest BCUT2D eigenvalue weighted by molar-refractivity contribution is 0.0703. The molecule has 0 bridgehead atoms. The van der Waals surface area contributed by atoms with Gasteiger partial charge in [-0.25, -0.2) is 0 Å². The lowest BCUT2D eigenvalue weighted by atomic mass is 10.0. The quantitative estimate of drug-likeness (QED) is 0.892. The molecule has 0 unspecified atom stereocenters. The third kappa shape index (κ3) is 3.63. The molecule has 24 heavy (non-hydrogen) atoms. The van der Waals surface area contributed by atoms with Gasteiger partial charge in [-0.2, -0.15) is 0 Å². The molecule has 2 aromatic rings. The summed E-state index contributed by atoms with van der Waals surface area (Å²) in [7, 11) is 0. The zero-order valence-corrected chi connectivity index (χ0v) is 15.2. The van der Waals surface area contributed by atoms with Crippen LogP contribution < -0.4 is 5.32 Å². The summed E-state index contributed by atoms with van der Waals surface area (Å²) >= 11 is 6.12. The summed E-state index contributed by atoms with van der Waals surface area (Å²) in [5.41, 5.74) is 5.26. The fraction of sp³-hybridized carbons (Fsp3) is 0.350. The number of carbonyl (C=O) groups excluding carboxylic acids is 1. The fourth-order valence-electron chi connectivity index (χ4n) is 3.32. The first-order chi connectivity index (χ1) is 11.4. The molecule has 1 aliphatic rings. The number of rotatable bonds is 2. The van der Waals surface area contributed by atoms with E-state index in [1.165, 1.54) is 5.56 Å². The molecule has 2 aromatic carbocycles. The van der Waals surface area contributed by atoms with Gasteiger partial charge in [0, 0.05) is 36.3 Å². The van der Waals surface area contributed by atoms with Crippen LogP contribution in [0.25, 0.3) is 0 Å². The first-order valence-corrected chi connectivity index (χ1v) is 8.69. The van der Waals surface area contributed by atoms with Crippen molar-refractivity contribution in [1.29, 1.82) is 0 Å². The molecular weight excluding hydrogens is 320 g/mol. The predicted octanol–water partition coefficient (Wildman–Crippen LogP) is 4.05. The molecular formula is C20H23ClN2O. The number of nitrogens with one attached hydrogen (secondary N) is 1. The Hall–Kier alpha value is -1.84. The number of aryl methyl sites for hydroxylation is 3. The van der Waals surface area contributed by atoms with E-state index in [0.29, 0.717) is 6.54 Å². The molecule has 1 heterocycles. The Kier molecular flexibility index (Phi) is 4.93. The van der Waals surface area contributed by atoms with Crippen LogP contribution in [0.3, 0.4) is 0 Å². The fourth-order valence-corrected chi connectivity index (χ4v) is 3.44. The monoisotopic (exact) mass is 342 g/mol. The van der Waals surface area contributed by atoms with Gasteiger partial charge in [0.2, 0.25) is 0 Å². The van der Waals surface area contributed by atoms with Crippen molar-refractivity contribution in [1.82, 2.24) is 10.2 Å². The van der Waals surface area contributed by atoms with Gasteiger partial charge in [-0.15, -0.1) is 0 Å². The van der Waals surface area contributed by atoms with Gasteiger partial charge >= 0.3 is 0 Å². The molecule has 126 valence electrons. The van der Waals surface area contributed by atoms with Crippen molar-refractivity contribution in [2.75, 3.05) is 19.6 Å². The van der Waals surface area contributed by atoms with Crippen molar-refractivity contribution in [3.05, 3.63) is 69.2 Å². The van der Waals surface area contributed by atoms with Gasteiger partial charge in [-0.05, 0) is 50.1 Å². The van der Waals surface area contributed by atoms with Crippen LogP contribution in [-0.4, -0.2) is 30.4 Å². The average Bonchev–Trinajstić information content (AvgIpc) is 2.56. The Morgan fingerprint density at radius 2 is 1.83 bits per heavy atom. The van der Waals surface area contributed by atoms with Crippen molar-refractivity contribution in [2.45, 2.75) is 26.8 Å². The highest BCUT2D eigenvalue weighted by Gasteiger charge is 2.25. The zero-order chi connectivity index (χ0) is 17.3. The lowest BCUT2D eigenvalue weighted by Crippen LogP contribution is -2.48. The van der Waals surface area contributed by atoms with E-state index >= 15 is 0 Å². The van der Waals surface area contributed by atoms with E-state index in [4.69, 9.17) is 11.6 Å². The molecule has 1 aliphatic heterocycles. The van der Waals surface area contributed by atoms with Crippen LogP contribution in [-0.2, 0) is 0 Å². The third-order valence-electron chi connectivity index (χ3n) is 4.52. The Balaban J connectivity index is 1.79. The normalized spacial score (nSPS) is 17.8. The van der Waals surface area contributed by atoms with Crippen molar-refractivity contribution in [3.63, 3.8) is 0 Å². The van der Waals surface area contributed by atoms with Crippen molar-refractivity contribution in [3.8, 4) is 0 Å². The van der Waals surface area contributed by atoms with Crippen LogP contribution in [0.15, 0.2) is 36.4 Å². The zero-order valence-electron chi connectivity index (χ0n) is 14.4. The predicted molar refractivity (Wildman–Crippen MR) is 98.8 cm³/mol. The molecule has 1 N–H and O–H groups in total. The summed E-state index contributed by atoms with van der Waals surface area (Å²) in [5, 5.41) is 4.28. The first-order valence-electron chi connectivity index (χ1n) is 8.31. The molecule has 0 spiro atoms. The number of nitrogens with zero attached hydrogens (tertiary/aromatic N) is 1. The van der Waals surface area contributed by atoms with Gasteiger partial charge < -0.3 is 10.2 Å². The van der Waals surface area contributed by atoms with E-state index in [1.54, 1.807) is 0 Å². The molecule has 0 aliphatic carbocycles. The SMILES string of the molecule is Cc1cc(C)cc(C(=O)N2CCN[C@H](c3ccc(Cl)c(C)c3)C2)c1. The molecule has 1 fully saturated rings. The van der Waals surface area contributed by atoms with E-state index < -0.39 is 0 Å². The topological polar surface area (TPSA) is 32.3 Å². The van der Waals surface area contributed by atoms with Crippen molar-refractivity contribution < 1.29 is 4.79 Å². The second-order valence-corrected chi connectivity index (χ2v) is 7.05. The maximum Gasteiger partial charge on any atom is 0.253 e. The molecule has 0 aromatic heterocycles. The van der Waals surface area contributed by atoms with Gasteiger partial charge in [0.25, 0.3) is 5.91 Å². The summed E-state index contributed by atoms with van der Waals surface area (Å²) < 4.78 is 0. The van der Waals surface area contributed by atoms with Crippen LogP contribution in [0, 0.1) is 20.8 Å². The molecule has 4 heteroatoms. The van der Waals surface area contributed by atoms with Gasteiger partial charge in [0.1, 0.15) is 0 Å². The highest BCUT2D eigenvalue weighted by molar-refractivity contribution is 6.31. The van der Waals surface area contributed by atoms with E-state index in [2.05, 4.69) is 17.4 Å². The number of hydrogen-bond donors (Lipinski definition) is 1. The summed E-state index contributed by atoms with van der Waals surface area (Å²) in [6, 6.07) is 12.2. The van der Waals surface area contributed by atoms with Gasteiger partial charge in [-0.1, -0.05) is 40.9 Å². The van der Waals surface area contributed by atoms with E-state index in [1.807, 2.05) is 49.9 Å². The first kappa shape index (κ1) is 17.0. The Morgan fingerprint density at radius 3 is 2.50 bits per heavy atom. The lowest BCUT2D eigenvalue weighted by Gasteiger charge is -2.34. The van der Waals surface area contributed by atoms with Gasteiger partial charge in [-0.3, -0.25) is 4.79 Å². The largest absolute Gasteiger partial charge is 0.335 e. The highest BCUT2D eigenvalue weighted by Crippen LogP contribution is 2.24. The molecule has 0 radical (unpaired) electrons. The number of amides is 1. The van der Waals surface area contributed by atoms with E-state index in [-0.39, 0.29) is 11.9 Å². The van der Waals surface area contributed by atoms with Gasteiger partial charge in [0.05, 0.1) is 0 Å². The van der Waals surface area contributed by atoms with Crippen LogP contribution in [0.4, 0.5) is 0 Å². The molecule has 3 nitrogen and oxygen atoms in total. The Morgan fingerprint density at radius 1 is 1.12 bits per heavy atom. The highest BCUT2D eigenvalue weighted by atomic mass is 35.5. The van der Waals surface area contributed by atoms with E-state index in [9.17, 15) is 4.79 Å². The Labute approximate surface area is 148 Å². The number of hydrogen-bond acceptors (Lipinski definition) is 2. The second kappa shape index (κ2) is 6.96. The van der Waals surface area contributed by atoms with Crippen LogP contribution >= 0.6 is 11.6 Å². The van der Waals surface area contributed by atoms with Crippen LogP contribution in [0.5, 0.6) is 0 Å². The molecule has 3 rings (SSSR count). The smallest absolute Gasteiger partial charge is 0.253 e. The van der Waals surface area contributed by atoms with Crippen molar-refractivity contribution in [2.24, 2.45) is 0 Å². The average molecular weight is 343 g/mol. The molecule has 1 amide bonds. The van der Waals surface area contributed by atoms with Crippen LogP contribution in [0.2, 0.25) is 5.02 Å². The minimum atomic E-state index is 0.110. The number of benzene rings is 2. The number of piperazine rings is 1. The molecule has 0 saturated carbocycles. The minimum Gasteiger partial charge on any atom is -0.335 e. The maximum absolute atomic E-state index is 12.9. The standard InChI is InChI=1S/C20H23ClN2O/c1-13-8-14(2)10-17(9-13)20(24)23-7-6-22-19(12-23)16-4-5-18(21)15(3)11-16/h4-5,8-11,19,22H,6-7,12H2,1-3H3/t19-/m0/s1. The summed E-state index contributed by atoms with van der Waals surface area (Å²) in [6.45, 7) is 8.26. The van der Waals surface area contributed by atoms with Crippen molar-refractivity contribution >= 4 is 17.5 Å². The number of carbonyl (C=O) groups is 1. The molecule has 1 saturated heterocycles.